The van der Waals surface area contributed by atoms with Gasteiger partial charge in [0.15, 0.2) is 0 Å². The van der Waals surface area contributed by atoms with Gasteiger partial charge in [0.05, 0.1) is 0 Å². The van der Waals surface area contributed by atoms with Crippen LogP contribution in [0, 0.1) is 0 Å². The summed E-state index contributed by atoms with van der Waals surface area (Å²) in [6.45, 7) is 1.39. The van der Waals surface area contributed by atoms with Crippen molar-refractivity contribution >= 4 is 5.91 Å². The highest BCUT2D eigenvalue weighted by Crippen LogP contribution is 2.08. The zero-order valence-corrected chi connectivity index (χ0v) is 9.52. The Labute approximate surface area is 97.8 Å². The lowest BCUT2D eigenvalue weighted by atomic mass is 10.1. The molecule has 6 nitrogen and oxygen atoms in total. The molecule has 1 aromatic rings. The monoisotopic (exact) mass is 237 g/mol. The van der Waals surface area contributed by atoms with E-state index in [9.17, 15) is 14.4 Å². The van der Waals surface area contributed by atoms with Gasteiger partial charge in [0.2, 0.25) is 5.91 Å². The van der Waals surface area contributed by atoms with E-state index in [0.29, 0.717) is 0 Å². The predicted octanol–water partition coefficient (Wildman–Crippen LogP) is -0.451. The molecule has 1 amide bonds. The molecule has 2 rings (SSSR count). The number of H-pyrrole nitrogens is 1. The van der Waals surface area contributed by atoms with Gasteiger partial charge in [0, 0.05) is 25.2 Å². The van der Waals surface area contributed by atoms with Gasteiger partial charge < -0.3 is 4.90 Å². The van der Waals surface area contributed by atoms with Crippen LogP contribution >= 0.6 is 0 Å². The molecular formula is C11H15N3O3. The summed E-state index contributed by atoms with van der Waals surface area (Å²) in [5, 5.41) is 2.35. The van der Waals surface area contributed by atoms with Crippen LogP contribution in [0.3, 0.4) is 0 Å². The van der Waals surface area contributed by atoms with E-state index in [2.05, 4.69) is 5.10 Å². The van der Waals surface area contributed by atoms with E-state index >= 15 is 0 Å². The van der Waals surface area contributed by atoms with Crippen LogP contribution in [0.4, 0.5) is 0 Å². The van der Waals surface area contributed by atoms with Crippen LogP contribution in [0.25, 0.3) is 0 Å². The van der Waals surface area contributed by atoms with Crippen molar-refractivity contribution in [3.63, 3.8) is 0 Å². The third-order valence-corrected chi connectivity index (χ3v) is 2.89. The molecule has 2 heterocycles. The average molecular weight is 237 g/mol. The quantitative estimate of drug-likeness (QED) is 0.757. The second-order valence-corrected chi connectivity index (χ2v) is 4.18. The Bertz CT molecular complexity index is 511. The number of piperidine rings is 1. The fourth-order valence-electron chi connectivity index (χ4n) is 1.96. The van der Waals surface area contributed by atoms with E-state index in [1.807, 2.05) is 0 Å². The zero-order chi connectivity index (χ0) is 12.3. The highest BCUT2D eigenvalue weighted by atomic mass is 16.2. The molecule has 1 aromatic heterocycles. The van der Waals surface area contributed by atoms with Gasteiger partial charge in [0.25, 0.3) is 11.1 Å². The number of carbonyl (C=O) groups is 1. The van der Waals surface area contributed by atoms with Gasteiger partial charge in [-0.05, 0) is 19.3 Å². The van der Waals surface area contributed by atoms with E-state index < -0.39 is 0 Å². The minimum absolute atomic E-state index is 0.0884. The molecule has 0 unspecified atom stereocenters. The Kier molecular flexibility index (Phi) is 3.41. The number of hydrogen-bond donors (Lipinski definition) is 1. The van der Waals surface area contributed by atoms with Crippen molar-refractivity contribution in [2.24, 2.45) is 0 Å². The molecule has 1 saturated heterocycles. The number of rotatable bonds is 2. The summed E-state index contributed by atoms with van der Waals surface area (Å²) in [5.74, 6) is -0.117. The number of nitrogens with zero attached hydrogens (tertiary/aromatic N) is 2. The van der Waals surface area contributed by atoms with Crippen LogP contribution in [0.2, 0.25) is 0 Å². The fourth-order valence-corrected chi connectivity index (χ4v) is 1.96. The van der Waals surface area contributed by atoms with E-state index in [0.717, 1.165) is 43.1 Å². The summed E-state index contributed by atoms with van der Waals surface area (Å²) in [7, 11) is 0. The minimum Gasteiger partial charge on any atom is -0.341 e. The van der Waals surface area contributed by atoms with Crippen molar-refractivity contribution in [1.82, 2.24) is 14.7 Å². The Morgan fingerprint density at radius 3 is 2.59 bits per heavy atom. The minimum atomic E-state index is -0.379. The first-order valence-electron chi connectivity index (χ1n) is 5.75. The largest absolute Gasteiger partial charge is 0.341 e. The molecule has 6 heteroatoms. The average Bonchev–Trinajstić information content (AvgIpc) is 2.35. The van der Waals surface area contributed by atoms with Gasteiger partial charge in [-0.1, -0.05) is 0 Å². The summed E-state index contributed by atoms with van der Waals surface area (Å²) in [5.41, 5.74) is -0.744. The van der Waals surface area contributed by atoms with Crippen molar-refractivity contribution in [3.05, 3.63) is 32.8 Å². The molecule has 0 spiro atoms. The van der Waals surface area contributed by atoms with Crippen LogP contribution in [-0.2, 0) is 11.3 Å². The summed E-state index contributed by atoms with van der Waals surface area (Å²) in [4.78, 5) is 36.1. The van der Waals surface area contributed by atoms with E-state index in [4.69, 9.17) is 0 Å². The maximum atomic E-state index is 11.9. The van der Waals surface area contributed by atoms with Crippen molar-refractivity contribution in [3.8, 4) is 0 Å². The summed E-state index contributed by atoms with van der Waals surface area (Å²) >= 11 is 0. The molecule has 0 bridgehead atoms. The second kappa shape index (κ2) is 4.99. The molecular weight excluding hydrogens is 222 g/mol. The normalized spacial score (nSPS) is 15.9. The Hall–Kier alpha value is -1.85. The van der Waals surface area contributed by atoms with E-state index in [-0.39, 0.29) is 23.6 Å². The number of amides is 1. The Balaban J connectivity index is 2.09. The smallest absolute Gasteiger partial charge is 0.265 e. The lowest BCUT2D eigenvalue weighted by Crippen LogP contribution is -2.41. The Morgan fingerprint density at radius 2 is 1.88 bits per heavy atom. The Morgan fingerprint density at radius 1 is 1.18 bits per heavy atom. The van der Waals surface area contributed by atoms with Gasteiger partial charge in [-0.2, -0.15) is 0 Å². The number of nitrogens with one attached hydrogen (secondary N) is 1. The standard InChI is InChI=1S/C11H15N3O3/c15-9-4-5-10(16)14(12-9)8-11(17)13-6-2-1-3-7-13/h4-5H,1-3,6-8H2,(H,12,15). The second-order valence-electron chi connectivity index (χ2n) is 4.18. The van der Waals surface area contributed by atoms with Gasteiger partial charge in [0.1, 0.15) is 6.54 Å². The van der Waals surface area contributed by atoms with Crippen LogP contribution in [0.1, 0.15) is 19.3 Å². The molecule has 1 aliphatic rings. The summed E-state index contributed by atoms with van der Waals surface area (Å²) < 4.78 is 1.05. The lowest BCUT2D eigenvalue weighted by Gasteiger charge is -2.26. The molecule has 1 aliphatic heterocycles. The molecule has 0 aromatic carbocycles. The predicted molar refractivity (Wildman–Crippen MR) is 61.8 cm³/mol. The van der Waals surface area contributed by atoms with Gasteiger partial charge >= 0.3 is 0 Å². The third-order valence-electron chi connectivity index (χ3n) is 2.89. The first kappa shape index (κ1) is 11.6. The molecule has 17 heavy (non-hydrogen) atoms. The number of hydrogen-bond acceptors (Lipinski definition) is 3. The van der Waals surface area contributed by atoms with E-state index in [1.165, 1.54) is 6.07 Å². The molecule has 0 atom stereocenters. The maximum Gasteiger partial charge on any atom is 0.265 e. The van der Waals surface area contributed by atoms with Crippen LogP contribution in [-0.4, -0.2) is 33.7 Å². The number of aromatic nitrogens is 2. The first-order chi connectivity index (χ1) is 8.16. The number of carbonyl (C=O) groups excluding carboxylic acids is 1. The van der Waals surface area contributed by atoms with Crippen molar-refractivity contribution in [2.75, 3.05) is 13.1 Å². The van der Waals surface area contributed by atoms with Crippen molar-refractivity contribution in [2.45, 2.75) is 25.8 Å². The molecule has 0 radical (unpaired) electrons. The van der Waals surface area contributed by atoms with Crippen LogP contribution in [0.15, 0.2) is 21.7 Å². The van der Waals surface area contributed by atoms with Gasteiger partial charge in [-0.3, -0.25) is 19.5 Å². The molecule has 0 aliphatic carbocycles. The molecule has 0 saturated carbocycles. The highest BCUT2D eigenvalue weighted by Gasteiger charge is 2.17. The molecule has 92 valence electrons. The SMILES string of the molecule is O=C(Cn1[nH]c(=O)ccc1=O)N1CCCCC1. The lowest BCUT2D eigenvalue weighted by molar-refractivity contribution is -0.133. The van der Waals surface area contributed by atoms with Crippen LogP contribution < -0.4 is 11.1 Å². The van der Waals surface area contributed by atoms with Gasteiger partial charge in [-0.15, -0.1) is 0 Å². The van der Waals surface area contributed by atoms with Gasteiger partial charge in [-0.25, -0.2) is 4.68 Å². The molecule has 1 N–H and O–H groups in total. The zero-order valence-electron chi connectivity index (χ0n) is 9.52. The van der Waals surface area contributed by atoms with E-state index in [1.54, 1.807) is 4.90 Å². The number of aromatic amines is 1. The van der Waals surface area contributed by atoms with Crippen LogP contribution in [0.5, 0.6) is 0 Å². The first-order valence-corrected chi connectivity index (χ1v) is 5.75. The van der Waals surface area contributed by atoms with Crippen molar-refractivity contribution in [1.29, 1.82) is 0 Å². The third kappa shape index (κ3) is 2.83. The highest BCUT2D eigenvalue weighted by molar-refractivity contribution is 5.75. The summed E-state index contributed by atoms with van der Waals surface area (Å²) in [6.07, 6.45) is 3.16. The topological polar surface area (TPSA) is 75.2 Å². The maximum absolute atomic E-state index is 11.9. The molecule has 1 fully saturated rings. The summed E-state index contributed by atoms with van der Waals surface area (Å²) in [6, 6.07) is 2.33. The number of likely N-dealkylation sites (tertiary alicyclic amines) is 1. The fraction of sp³-hybridized carbons (Fsp3) is 0.545. The van der Waals surface area contributed by atoms with Crippen molar-refractivity contribution < 1.29 is 4.79 Å².